The van der Waals surface area contributed by atoms with Gasteiger partial charge in [0, 0.05) is 12.1 Å². The van der Waals surface area contributed by atoms with Crippen LogP contribution >= 0.6 is 27.7 Å². The molecule has 0 saturated heterocycles. The van der Waals surface area contributed by atoms with E-state index in [0.29, 0.717) is 4.95 Å². The van der Waals surface area contributed by atoms with Crippen molar-refractivity contribution in [2.24, 2.45) is 0 Å². The van der Waals surface area contributed by atoms with Crippen LogP contribution in [0, 0.1) is 0 Å². The van der Waals surface area contributed by atoms with Crippen molar-refractivity contribution in [3.05, 3.63) is 24.4 Å². The summed E-state index contributed by atoms with van der Waals surface area (Å²) >= 11 is 5.47. The fraction of sp³-hybridized carbons (Fsp3) is 0.286. The molecule has 2 rings (SSSR count). The number of fused-ring (bicyclic) bond motifs is 1. The van der Waals surface area contributed by atoms with E-state index in [4.69, 9.17) is 0 Å². The third kappa shape index (κ3) is 1.79. The van der Waals surface area contributed by atoms with E-state index in [1.54, 1.807) is 0 Å². The van der Waals surface area contributed by atoms with E-state index in [1.807, 2.05) is 11.8 Å². The van der Waals surface area contributed by atoms with Crippen molar-refractivity contribution in [2.45, 2.75) is 9.98 Å². The molecule has 0 bridgehead atoms. The highest BCUT2D eigenvalue weighted by Gasteiger charge is 2.27. The summed E-state index contributed by atoms with van der Waals surface area (Å²) in [6, 6.07) is 6.28. The highest BCUT2D eigenvalue weighted by molar-refractivity contribution is 9.09. The van der Waals surface area contributed by atoms with Gasteiger partial charge in [-0.05, 0) is 33.8 Å². The molecular weight excluding hydrogens is 290 g/mol. The molecule has 0 fully saturated rings. The SMILES string of the molecule is BrC1CSc2cccc[n+]21.[Br-]. The van der Waals surface area contributed by atoms with E-state index in [1.165, 1.54) is 5.03 Å². The standard InChI is InChI=1S/C7H7BrNS.BrH/c8-6-5-10-7-3-1-2-4-9(6)7;/h1-4,6H,5H2;1H/q+1;/p-1. The average molecular weight is 297 g/mol. The van der Waals surface area contributed by atoms with Crippen molar-refractivity contribution < 1.29 is 21.5 Å². The molecule has 0 amide bonds. The number of alkyl halides is 1. The average Bonchev–Trinajstić information content (AvgIpc) is 2.34. The summed E-state index contributed by atoms with van der Waals surface area (Å²) in [4.78, 5) is 0.494. The van der Waals surface area contributed by atoms with Crippen molar-refractivity contribution >= 4 is 27.7 Å². The summed E-state index contributed by atoms with van der Waals surface area (Å²) in [5, 5.41) is 1.35. The van der Waals surface area contributed by atoms with Crippen LogP contribution in [0.4, 0.5) is 0 Å². The van der Waals surface area contributed by atoms with Gasteiger partial charge in [0.1, 0.15) is 0 Å². The lowest BCUT2D eigenvalue weighted by Crippen LogP contribution is -3.00. The molecule has 60 valence electrons. The van der Waals surface area contributed by atoms with Gasteiger partial charge >= 0.3 is 0 Å². The Morgan fingerprint density at radius 1 is 1.55 bits per heavy atom. The number of hydrogen-bond donors (Lipinski definition) is 0. The molecular formula is C7H7Br2NS. The molecule has 1 nitrogen and oxygen atoms in total. The Hall–Kier alpha value is 0.460. The van der Waals surface area contributed by atoms with Gasteiger partial charge < -0.3 is 17.0 Å². The van der Waals surface area contributed by atoms with Crippen LogP contribution in [0.25, 0.3) is 0 Å². The van der Waals surface area contributed by atoms with E-state index >= 15 is 0 Å². The number of rotatable bonds is 0. The van der Waals surface area contributed by atoms with Crippen LogP contribution < -0.4 is 21.5 Å². The molecule has 2 heterocycles. The van der Waals surface area contributed by atoms with Gasteiger partial charge in [-0.1, -0.05) is 0 Å². The maximum atomic E-state index is 3.58. The summed E-state index contributed by atoms with van der Waals surface area (Å²) in [5.74, 6) is 1.14. The molecule has 4 heteroatoms. The predicted octanol–water partition coefficient (Wildman–Crippen LogP) is -1.02. The molecule has 0 aliphatic carbocycles. The van der Waals surface area contributed by atoms with Crippen molar-refractivity contribution in [3.8, 4) is 0 Å². The third-order valence-electron chi connectivity index (χ3n) is 1.52. The highest BCUT2D eigenvalue weighted by atomic mass is 79.9. The Morgan fingerprint density at radius 2 is 2.36 bits per heavy atom. The van der Waals surface area contributed by atoms with Crippen molar-refractivity contribution in [1.29, 1.82) is 0 Å². The van der Waals surface area contributed by atoms with Crippen LogP contribution in [0.1, 0.15) is 4.95 Å². The van der Waals surface area contributed by atoms with Gasteiger partial charge in [0.05, 0.1) is 5.75 Å². The van der Waals surface area contributed by atoms with E-state index in [-0.39, 0.29) is 17.0 Å². The molecule has 1 atom stereocenters. The van der Waals surface area contributed by atoms with E-state index in [2.05, 4.69) is 44.9 Å². The zero-order valence-corrected chi connectivity index (χ0v) is 9.69. The van der Waals surface area contributed by atoms with Crippen LogP contribution in [-0.4, -0.2) is 5.75 Å². The molecule has 1 aliphatic rings. The van der Waals surface area contributed by atoms with Gasteiger partial charge in [-0.25, -0.2) is 0 Å². The Morgan fingerprint density at radius 3 is 3.09 bits per heavy atom. The molecule has 1 unspecified atom stereocenters. The lowest BCUT2D eigenvalue weighted by molar-refractivity contribution is -0.724. The van der Waals surface area contributed by atoms with Crippen molar-refractivity contribution in [2.75, 3.05) is 5.75 Å². The van der Waals surface area contributed by atoms with Gasteiger partial charge in [-0.3, -0.25) is 0 Å². The highest BCUT2D eigenvalue weighted by Crippen LogP contribution is 2.28. The number of hydrogen-bond acceptors (Lipinski definition) is 1. The molecule has 0 saturated carbocycles. The quantitative estimate of drug-likeness (QED) is 0.438. The number of aromatic nitrogens is 1. The number of halogens is 2. The normalized spacial score (nSPS) is 20.6. The number of thioether (sulfide) groups is 1. The lowest BCUT2D eigenvalue weighted by atomic mass is 10.5. The first-order valence-corrected chi connectivity index (χ1v) is 5.05. The largest absolute Gasteiger partial charge is 1.00 e. The maximum Gasteiger partial charge on any atom is 0.241 e. The fourth-order valence-electron chi connectivity index (χ4n) is 1.03. The van der Waals surface area contributed by atoms with Crippen LogP contribution in [0.2, 0.25) is 0 Å². The molecule has 0 spiro atoms. The van der Waals surface area contributed by atoms with Crippen LogP contribution in [0.5, 0.6) is 0 Å². The van der Waals surface area contributed by atoms with E-state index in [0.717, 1.165) is 5.75 Å². The maximum absolute atomic E-state index is 3.58. The summed E-state index contributed by atoms with van der Waals surface area (Å²) in [7, 11) is 0. The monoisotopic (exact) mass is 295 g/mol. The summed E-state index contributed by atoms with van der Waals surface area (Å²) < 4.78 is 2.24. The molecule has 11 heavy (non-hydrogen) atoms. The molecule has 1 aliphatic heterocycles. The first-order chi connectivity index (χ1) is 4.88. The molecule has 1 aromatic heterocycles. The fourth-order valence-corrected chi connectivity index (χ4v) is 2.90. The van der Waals surface area contributed by atoms with Crippen molar-refractivity contribution in [1.82, 2.24) is 0 Å². The van der Waals surface area contributed by atoms with Gasteiger partial charge in [0.15, 0.2) is 6.20 Å². The minimum atomic E-state index is 0. The summed E-state index contributed by atoms with van der Waals surface area (Å²) in [6.45, 7) is 0. The van der Waals surface area contributed by atoms with Gasteiger partial charge in [-0.2, -0.15) is 4.57 Å². The second-order valence-electron chi connectivity index (χ2n) is 2.19. The Bertz CT molecular complexity index is 254. The second-order valence-corrected chi connectivity index (χ2v) is 4.29. The Balaban J connectivity index is 0.000000605. The first-order valence-electron chi connectivity index (χ1n) is 3.15. The second kappa shape index (κ2) is 3.92. The lowest BCUT2D eigenvalue weighted by Gasteiger charge is -1.92. The Labute approximate surface area is 89.1 Å². The number of nitrogens with zero attached hydrogens (tertiary/aromatic N) is 1. The van der Waals surface area contributed by atoms with E-state index in [9.17, 15) is 0 Å². The third-order valence-corrected chi connectivity index (χ3v) is 3.84. The Kier molecular flexibility index (Phi) is 3.40. The van der Waals surface area contributed by atoms with Crippen LogP contribution in [0.3, 0.4) is 0 Å². The first kappa shape index (κ1) is 9.55. The minimum absolute atomic E-state index is 0. The molecule has 0 N–H and O–H groups in total. The molecule has 0 aromatic carbocycles. The number of pyridine rings is 1. The van der Waals surface area contributed by atoms with Gasteiger partial charge in [0.25, 0.3) is 0 Å². The van der Waals surface area contributed by atoms with Crippen molar-refractivity contribution in [3.63, 3.8) is 0 Å². The predicted molar refractivity (Wildman–Crippen MR) is 45.3 cm³/mol. The van der Waals surface area contributed by atoms with Crippen LogP contribution in [0.15, 0.2) is 29.4 Å². The minimum Gasteiger partial charge on any atom is -1.00 e. The van der Waals surface area contributed by atoms with Crippen LogP contribution in [-0.2, 0) is 0 Å². The van der Waals surface area contributed by atoms with Gasteiger partial charge in [0.2, 0.25) is 9.98 Å². The van der Waals surface area contributed by atoms with Gasteiger partial charge in [-0.15, -0.1) is 0 Å². The zero-order valence-electron chi connectivity index (χ0n) is 5.71. The smallest absolute Gasteiger partial charge is 0.241 e. The topological polar surface area (TPSA) is 3.88 Å². The molecule has 1 aromatic rings. The molecule has 0 radical (unpaired) electrons. The zero-order chi connectivity index (χ0) is 6.97. The summed E-state index contributed by atoms with van der Waals surface area (Å²) in [5.41, 5.74) is 0. The van der Waals surface area contributed by atoms with E-state index < -0.39 is 0 Å². The summed E-state index contributed by atoms with van der Waals surface area (Å²) in [6.07, 6.45) is 2.11.